The number of H-pyrrole nitrogens is 2. The fraction of sp³-hybridized carbons (Fsp3) is 0.172. The molecule has 5 aromatic rings. The van der Waals surface area contributed by atoms with Gasteiger partial charge in [-0.3, -0.25) is 19.8 Å². The molecule has 2 aliphatic rings. The predicted molar refractivity (Wildman–Crippen MR) is 151 cm³/mol. The summed E-state index contributed by atoms with van der Waals surface area (Å²) < 4.78 is 0. The van der Waals surface area contributed by atoms with E-state index in [1.54, 1.807) is 0 Å². The average Bonchev–Trinajstić information content (AvgIpc) is 3.74. The van der Waals surface area contributed by atoms with E-state index in [2.05, 4.69) is 91.3 Å². The van der Waals surface area contributed by atoms with Gasteiger partial charge < -0.3 is 25.7 Å². The molecule has 0 radical (unpaired) electrons. The Morgan fingerprint density at radius 2 is 1.26 bits per heavy atom. The molecule has 7 rings (SSSR count). The van der Waals surface area contributed by atoms with Crippen LogP contribution in [0.3, 0.4) is 0 Å². The van der Waals surface area contributed by atoms with Gasteiger partial charge >= 0.3 is 0 Å². The fourth-order valence-electron chi connectivity index (χ4n) is 4.74. The van der Waals surface area contributed by atoms with Crippen molar-refractivity contribution in [3.8, 4) is 22.6 Å². The third-order valence-corrected chi connectivity index (χ3v) is 6.49. The maximum absolute atomic E-state index is 9.00. The monoisotopic (exact) mass is 505 g/mol. The molecule has 38 heavy (non-hydrogen) atoms. The largest absolute Gasteiger partial charge is 0.481 e. The number of hydrogen-bond donors (Lipinski definition) is 5. The number of fused-ring (bicyclic) bond motifs is 2. The summed E-state index contributed by atoms with van der Waals surface area (Å²) in [5.74, 6) is 1.11. The van der Waals surface area contributed by atoms with Crippen LogP contribution in [0.25, 0.3) is 44.5 Å². The van der Waals surface area contributed by atoms with Gasteiger partial charge in [-0.15, -0.1) is 0 Å². The Morgan fingerprint density at radius 1 is 0.737 bits per heavy atom. The highest BCUT2D eigenvalue weighted by Gasteiger charge is 2.13. The second-order valence-electron chi connectivity index (χ2n) is 9.24. The highest BCUT2D eigenvalue weighted by molar-refractivity contribution is 6.03. The molecule has 0 atom stereocenters. The molecule has 0 aliphatic carbocycles. The van der Waals surface area contributed by atoms with Crippen molar-refractivity contribution in [1.29, 1.82) is 0 Å². The summed E-state index contributed by atoms with van der Waals surface area (Å²) in [6, 6.07) is 21.3. The first kappa shape index (κ1) is 23.5. The molecule has 9 heteroatoms. The Kier molecular flexibility index (Phi) is 6.09. The molecule has 0 saturated carbocycles. The second kappa shape index (κ2) is 9.85. The number of carboxylic acid groups (broad SMARTS) is 1. The van der Waals surface area contributed by atoms with Gasteiger partial charge in [0, 0.05) is 70.4 Å². The van der Waals surface area contributed by atoms with Crippen molar-refractivity contribution in [3.05, 3.63) is 78.0 Å². The lowest BCUT2D eigenvalue weighted by atomic mass is 10.1. The highest BCUT2D eigenvalue weighted by atomic mass is 16.4. The van der Waals surface area contributed by atoms with Gasteiger partial charge in [0.05, 0.1) is 24.5 Å². The first-order valence-electron chi connectivity index (χ1n) is 12.5. The Labute approximate surface area is 218 Å². The number of nitrogens with one attached hydrogen (secondary N) is 4. The molecule has 5 N–H and O–H groups in total. The van der Waals surface area contributed by atoms with Crippen molar-refractivity contribution in [3.63, 3.8) is 0 Å². The van der Waals surface area contributed by atoms with Crippen LogP contribution in [0.4, 0.5) is 0 Å². The SMILES string of the molecule is CC(=O)O.c1cc2cc(-c3ccc(-c4cc5ccc(C6=NCCN6)cc5[nH]4)nc3)[nH]c2cc1C1=NCCN1. The van der Waals surface area contributed by atoms with Crippen LogP contribution in [-0.2, 0) is 4.79 Å². The Balaban J connectivity index is 0.000000620. The number of aliphatic imine (C=N–C) groups is 2. The quantitative estimate of drug-likeness (QED) is 0.250. The summed E-state index contributed by atoms with van der Waals surface area (Å²) in [5, 5.41) is 16.4. The first-order chi connectivity index (χ1) is 18.5. The number of carbonyl (C=O) groups is 1. The zero-order valence-electron chi connectivity index (χ0n) is 20.9. The van der Waals surface area contributed by atoms with Gasteiger partial charge in [-0.25, -0.2) is 0 Å². The normalized spacial score (nSPS) is 14.4. The molecule has 0 bridgehead atoms. The molecule has 0 fully saturated rings. The van der Waals surface area contributed by atoms with Crippen molar-refractivity contribution in [2.24, 2.45) is 9.98 Å². The number of carboxylic acids is 1. The summed E-state index contributed by atoms with van der Waals surface area (Å²) in [6.45, 7) is 4.57. The fourth-order valence-corrected chi connectivity index (χ4v) is 4.74. The van der Waals surface area contributed by atoms with Crippen molar-refractivity contribution in [1.82, 2.24) is 25.6 Å². The van der Waals surface area contributed by atoms with Gasteiger partial charge in [-0.1, -0.05) is 24.3 Å². The molecule has 0 spiro atoms. The third kappa shape index (κ3) is 4.73. The van der Waals surface area contributed by atoms with Crippen LogP contribution < -0.4 is 10.6 Å². The van der Waals surface area contributed by atoms with E-state index < -0.39 is 5.97 Å². The maximum atomic E-state index is 9.00. The van der Waals surface area contributed by atoms with Gasteiger partial charge in [0.15, 0.2) is 0 Å². The number of aliphatic carboxylic acids is 1. The van der Waals surface area contributed by atoms with E-state index in [9.17, 15) is 0 Å². The molecule has 9 nitrogen and oxygen atoms in total. The summed E-state index contributed by atoms with van der Waals surface area (Å²) in [5.41, 5.74) is 8.44. The van der Waals surface area contributed by atoms with E-state index in [1.807, 2.05) is 6.20 Å². The Morgan fingerprint density at radius 3 is 1.76 bits per heavy atom. The summed E-state index contributed by atoms with van der Waals surface area (Å²) in [4.78, 5) is 29.9. The second-order valence-corrected chi connectivity index (χ2v) is 9.24. The number of aromatic nitrogens is 3. The van der Waals surface area contributed by atoms with Crippen LogP contribution in [0.5, 0.6) is 0 Å². The topological polar surface area (TPSA) is 131 Å². The minimum atomic E-state index is -0.833. The molecule has 3 aromatic heterocycles. The van der Waals surface area contributed by atoms with E-state index in [1.165, 1.54) is 5.39 Å². The van der Waals surface area contributed by atoms with Crippen molar-refractivity contribution in [2.75, 3.05) is 26.2 Å². The average molecular weight is 506 g/mol. The predicted octanol–water partition coefficient (Wildman–Crippen LogP) is 4.17. The zero-order chi connectivity index (χ0) is 26.1. The molecule has 5 heterocycles. The van der Waals surface area contributed by atoms with Crippen LogP contribution >= 0.6 is 0 Å². The lowest BCUT2D eigenvalue weighted by Gasteiger charge is -2.02. The number of hydrogen-bond acceptors (Lipinski definition) is 6. The van der Waals surface area contributed by atoms with Crippen LogP contribution in [0.2, 0.25) is 0 Å². The number of aromatic amines is 2. The molecule has 0 amide bonds. The van der Waals surface area contributed by atoms with Gasteiger partial charge in [-0.2, -0.15) is 0 Å². The van der Waals surface area contributed by atoms with Gasteiger partial charge in [0.2, 0.25) is 0 Å². The molecular formula is C29H27N7O2. The minimum absolute atomic E-state index is 0.833. The Bertz CT molecular complexity index is 1590. The van der Waals surface area contributed by atoms with Crippen LogP contribution in [-0.4, -0.2) is 63.9 Å². The van der Waals surface area contributed by atoms with Gasteiger partial charge in [0.25, 0.3) is 5.97 Å². The van der Waals surface area contributed by atoms with Gasteiger partial charge in [0.1, 0.15) is 11.7 Å². The van der Waals surface area contributed by atoms with Crippen molar-refractivity contribution < 1.29 is 9.90 Å². The number of benzene rings is 2. The zero-order valence-corrected chi connectivity index (χ0v) is 20.9. The lowest BCUT2D eigenvalue weighted by molar-refractivity contribution is -0.134. The number of amidine groups is 2. The van der Waals surface area contributed by atoms with E-state index in [-0.39, 0.29) is 0 Å². The minimum Gasteiger partial charge on any atom is -0.481 e. The van der Waals surface area contributed by atoms with Gasteiger partial charge in [-0.05, 0) is 36.4 Å². The molecule has 2 aliphatic heterocycles. The highest BCUT2D eigenvalue weighted by Crippen LogP contribution is 2.28. The Hall–Kier alpha value is -4.92. The molecule has 2 aromatic carbocycles. The molecule has 190 valence electrons. The van der Waals surface area contributed by atoms with E-state index in [0.717, 1.165) is 95.0 Å². The van der Waals surface area contributed by atoms with E-state index >= 15 is 0 Å². The number of rotatable bonds is 4. The van der Waals surface area contributed by atoms with Crippen molar-refractivity contribution >= 4 is 39.4 Å². The van der Waals surface area contributed by atoms with E-state index in [4.69, 9.17) is 14.9 Å². The van der Waals surface area contributed by atoms with Crippen LogP contribution in [0.1, 0.15) is 18.1 Å². The first-order valence-corrected chi connectivity index (χ1v) is 12.5. The summed E-state index contributed by atoms with van der Waals surface area (Å²) in [7, 11) is 0. The molecular weight excluding hydrogens is 478 g/mol. The molecule has 0 unspecified atom stereocenters. The number of pyridine rings is 1. The van der Waals surface area contributed by atoms with Crippen molar-refractivity contribution in [2.45, 2.75) is 6.92 Å². The standard InChI is InChI=1S/C27H23N7.C2H4O2/c1-3-18(26-28-7-8-29-26)13-22-16(1)11-24(33-22)20-5-6-21(32-15-20)25-12-17-2-4-19(14-23(17)34-25)27-30-9-10-31-27;1-2(3)4/h1-6,11-15,33-34H,7-10H2,(H,28,29)(H,30,31);1H3,(H,3,4). The maximum Gasteiger partial charge on any atom is 0.300 e. The number of nitrogens with zero attached hydrogens (tertiary/aromatic N) is 3. The van der Waals surface area contributed by atoms with Crippen LogP contribution in [0.15, 0.2) is 76.8 Å². The summed E-state index contributed by atoms with van der Waals surface area (Å²) >= 11 is 0. The van der Waals surface area contributed by atoms with E-state index in [0.29, 0.717) is 0 Å². The van der Waals surface area contributed by atoms with Crippen LogP contribution in [0, 0.1) is 0 Å². The summed E-state index contributed by atoms with van der Waals surface area (Å²) in [6.07, 6.45) is 1.93. The smallest absolute Gasteiger partial charge is 0.300 e. The molecule has 0 saturated heterocycles. The lowest BCUT2D eigenvalue weighted by Crippen LogP contribution is -2.19. The third-order valence-electron chi connectivity index (χ3n) is 6.49.